The zero-order chi connectivity index (χ0) is 5.91. The summed E-state index contributed by atoms with van der Waals surface area (Å²) in [6, 6.07) is 0. The molecule has 0 aromatic heterocycles. The molecule has 0 saturated carbocycles. The predicted molar refractivity (Wildman–Crippen MR) is 6.01 cm³/mol. The van der Waals surface area contributed by atoms with Crippen molar-refractivity contribution in [2.24, 2.45) is 0 Å². The molecule has 2 N–H and O–H groups in total. The van der Waals surface area contributed by atoms with Crippen molar-refractivity contribution in [2.75, 3.05) is 0 Å². The molecular weight excluding hydrogens is 129 g/mol. The monoisotopic (exact) mass is 131 g/mol. The molecule has 0 aliphatic rings. The van der Waals surface area contributed by atoms with Crippen LogP contribution in [0.25, 0.3) is 0 Å². The van der Waals surface area contributed by atoms with E-state index in [0.717, 1.165) is 0 Å². The molecule has 0 radical (unpaired) electrons. The van der Waals surface area contributed by atoms with Gasteiger partial charge >= 0.3 is 0 Å². The van der Waals surface area contributed by atoms with Gasteiger partial charge in [0.05, 0.1) is 5.64 Å². The minimum atomic E-state index is -4.54. The van der Waals surface area contributed by atoms with Gasteiger partial charge in [0.1, 0.15) is 10.2 Å². The van der Waals surface area contributed by atoms with Crippen LogP contribution in [-0.4, -0.2) is 5.21 Å². The van der Waals surface area contributed by atoms with Crippen LogP contribution in [-0.2, 0) is 4.39 Å². The Hall–Kier alpha value is 0.0500. The van der Waals surface area contributed by atoms with E-state index in [9.17, 15) is 14.0 Å². The molecule has 0 aromatic carbocycles. The third kappa shape index (κ3) is 6.05. The molecular formula is H2ClNO5. The summed E-state index contributed by atoms with van der Waals surface area (Å²) in [5.74, 6) is 0. The number of hydrogen-bond acceptors (Lipinski definition) is 6. The van der Waals surface area contributed by atoms with Gasteiger partial charge < -0.3 is 0 Å². The van der Waals surface area contributed by atoms with Crippen LogP contribution in [0.15, 0.2) is 0 Å². The molecule has 0 fully saturated rings. The van der Waals surface area contributed by atoms with Crippen LogP contribution in [0.2, 0.25) is 0 Å². The molecule has 0 unspecified atom stereocenters. The van der Waals surface area contributed by atoms with Gasteiger partial charge in [0, 0.05) is 0 Å². The highest BCUT2D eigenvalue weighted by Crippen LogP contribution is 1.77. The SMILES string of the molecule is [O-][Cl+3]([O-])([O-])ONO. The molecule has 0 saturated heterocycles. The minimum Gasteiger partial charge on any atom is -0.281 e. The topological polar surface area (TPSA) is 111 Å². The highest BCUT2D eigenvalue weighted by Gasteiger charge is 2.15. The average Bonchev–Trinajstić information content (AvgIpc) is 1.30. The van der Waals surface area contributed by atoms with E-state index < -0.39 is 10.2 Å². The Bertz CT molecular complexity index is 46.5. The largest absolute Gasteiger partial charge is 0.281 e. The first kappa shape index (κ1) is 7.05. The lowest BCUT2D eigenvalue weighted by atomic mass is 13.3. The summed E-state index contributed by atoms with van der Waals surface area (Å²) in [5.41, 5.74) is 0.695. The number of hydrogen-bond donors (Lipinski definition) is 2. The summed E-state index contributed by atoms with van der Waals surface area (Å²) < 4.78 is 30.5. The molecule has 0 bridgehead atoms. The van der Waals surface area contributed by atoms with Gasteiger partial charge in [0.15, 0.2) is 0 Å². The first-order chi connectivity index (χ1) is 3.06. The van der Waals surface area contributed by atoms with Crippen molar-refractivity contribution in [1.29, 1.82) is 0 Å². The Labute approximate surface area is 40.6 Å². The average molecular weight is 131 g/mol. The summed E-state index contributed by atoms with van der Waals surface area (Å²) >= 11 is 0. The van der Waals surface area contributed by atoms with Gasteiger partial charge in [-0.15, -0.1) is 0 Å². The molecule has 0 rings (SSSR count). The van der Waals surface area contributed by atoms with Crippen molar-refractivity contribution in [3.05, 3.63) is 0 Å². The molecule has 0 aliphatic heterocycles. The highest BCUT2D eigenvalue weighted by molar-refractivity contribution is 3.20. The Morgan fingerprint density at radius 1 is 1.43 bits per heavy atom. The number of nitrogens with one attached hydrogen (secondary N) is 1. The molecule has 0 atom stereocenters. The first-order valence-electron chi connectivity index (χ1n) is 1.04. The minimum absolute atomic E-state index is 0.695. The van der Waals surface area contributed by atoms with Crippen molar-refractivity contribution in [2.45, 2.75) is 0 Å². The number of rotatable bonds is 2. The standard InChI is InChI=1S/ClH2NO5/c3-1(4,5)7-2-6/h2,6H. The van der Waals surface area contributed by atoms with Crippen molar-refractivity contribution >= 4 is 0 Å². The summed E-state index contributed by atoms with van der Waals surface area (Å²) in [5, 5.41) is 7.34. The molecule has 0 heterocycles. The Morgan fingerprint density at radius 3 is 1.86 bits per heavy atom. The van der Waals surface area contributed by atoms with Crippen molar-refractivity contribution < 1.29 is 33.8 Å². The normalized spacial score (nSPS) is 12.0. The zero-order valence-electron chi connectivity index (χ0n) is 2.96. The van der Waals surface area contributed by atoms with E-state index in [1.54, 1.807) is 0 Å². The van der Waals surface area contributed by atoms with Gasteiger partial charge in [0.25, 0.3) is 0 Å². The van der Waals surface area contributed by atoms with Gasteiger partial charge in [-0.1, -0.05) is 0 Å². The van der Waals surface area contributed by atoms with Crippen molar-refractivity contribution in [3.63, 3.8) is 0 Å². The summed E-state index contributed by atoms with van der Waals surface area (Å²) in [7, 11) is -4.54. The third-order valence-electron chi connectivity index (χ3n) is 0.129. The van der Waals surface area contributed by atoms with Crippen LogP contribution in [0.3, 0.4) is 0 Å². The second kappa shape index (κ2) is 2.38. The quantitative estimate of drug-likeness (QED) is 0.368. The van der Waals surface area contributed by atoms with Crippen molar-refractivity contribution in [3.8, 4) is 0 Å². The molecule has 0 aliphatic carbocycles. The van der Waals surface area contributed by atoms with Crippen LogP contribution < -0.4 is 19.6 Å². The fraction of sp³-hybridized carbons (Fsp3) is 0. The maximum absolute atomic E-state index is 9.20. The van der Waals surface area contributed by atoms with Gasteiger partial charge in [-0.3, -0.25) is 5.21 Å². The second-order valence-corrected chi connectivity index (χ2v) is 1.46. The van der Waals surface area contributed by atoms with Crippen LogP contribution in [0.4, 0.5) is 0 Å². The number of halogens is 1. The lowest BCUT2D eigenvalue weighted by Gasteiger charge is -2.08. The first-order valence-corrected chi connectivity index (χ1v) is 2.28. The second-order valence-electron chi connectivity index (χ2n) is 0.546. The maximum atomic E-state index is 9.20. The summed E-state index contributed by atoms with van der Waals surface area (Å²) in [6.45, 7) is 0. The molecule has 0 aromatic rings. The molecule has 0 amide bonds. The van der Waals surface area contributed by atoms with E-state index in [1.807, 2.05) is 0 Å². The Kier molecular flexibility index (Phi) is 2.40. The fourth-order valence-corrected chi connectivity index (χ4v) is 0.127. The third-order valence-corrected chi connectivity index (χ3v) is 0.387. The maximum Gasteiger partial charge on any atom is 0.201 e. The van der Waals surface area contributed by atoms with E-state index >= 15 is 0 Å². The van der Waals surface area contributed by atoms with Gasteiger partial charge in [-0.25, -0.2) is 0 Å². The molecule has 7 heavy (non-hydrogen) atoms. The molecule has 44 valence electrons. The van der Waals surface area contributed by atoms with Crippen LogP contribution in [0.5, 0.6) is 0 Å². The van der Waals surface area contributed by atoms with Gasteiger partial charge in [-0.2, -0.15) is 14.0 Å². The van der Waals surface area contributed by atoms with E-state index in [-0.39, 0.29) is 0 Å². The van der Waals surface area contributed by atoms with Gasteiger partial charge in [-0.05, 0) is 0 Å². The van der Waals surface area contributed by atoms with Crippen molar-refractivity contribution in [1.82, 2.24) is 5.64 Å². The van der Waals surface area contributed by atoms with Gasteiger partial charge in [0.2, 0.25) is 4.39 Å². The fourth-order valence-electron chi connectivity index (χ4n) is 0.0423. The van der Waals surface area contributed by atoms with E-state index in [1.165, 1.54) is 0 Å². The van der Waals surface area contributed by atoms with E-state index in [4.69, 9.17) is 5.21 Å². The van der Waals surface area contributed by atoms with Crippen LogP contribution in [0.1, 0.15) is 0 Å². The molecule has 6 nitrogen and oxygen atoms in total. The molecule has 0 spiro atoms. The zero-order valence-corrected chi connectivity index (χ0v) is 3.71. The summed E-state index contributed by atoms with van der Waals surface area (Å²) in [6.07, 6.45) is 0. The summed E-state index contributed by atoms with van der Waals surface area (Å²) in [4.78, 5) is 0. The predicted octanol–water partition coefficient (Wildman–Crippen LogP) is -4.21. The lowest BCUT2D eigenvalue weighted by Crippen LogP contribution is -2.62. The van der Waals surface area contributed by atoms with E-state index in [0.29, 0.717) is 5.64 Å². The van der Waals surface area contributed by atoms with E-state index in [2.05, 4.69) is 4.39 Å². The Morgan fingerprint density at radius 2 is 1.86 bits per heavy atom. The lowest BCUT2D eigenvalue weighted by molar-refractivity contribution is -1.92. The van der Waals surface area contributed by atoms with Crippen LogP contribution >= 0.6 is 0 Å². The smallest absolute Gasteiger partial charge is 0.201 e. The highest BCUT2D eigenvalue weighted by atomic mass is 35.7. The van der Waals surface area contributed by atoms with Crippen LogP contribution in [0, 0.1) is 10.2 Å². The Balaban J connectivity index is 3.15. The molecule has 7 heteroatoms.